The van der Waals surface area contributed by atoms with Crippen LogP contribution in [-0.4, -0.2) is 6.54 Å². The highest BCUT2D eigenvalue weighted by Crippen LogP contribution is 2.30. The van der Waals surface area contributed by atoms with E-state index < -0.39 is 0 Å². The van der Waals surface area contributed by atoms with Gasteiger partial charge < -0.3 is 5.73 Å². The van der Waals surface area contributed by atoms with Gasteiger partial charge in [0.1, 0.15) is 0 Å². The first-order valence-corrected chi connectivity index (χ1v) is 5.90. The third-order valence-corrected chi connectivity index (χ3v) is 3.58. The first kappa shape index (κ1) is 12.8. The van der Waals surface area contributed by atoms with Crippen LogP contribution in [0.25, 0.3) is 0 Å². The summed E-state index contributed by atoms with van der Waals surface area (Å²) in [4.78, 5) is 0. The molecule has 0 bridgehead atoms. The van der Waals surface area contributed by atoms with E-state index in [-0.39, 0.29) is 5.41 Å². The van der Waals surface area contributed by atoms with Crippen LogP contribution in [0.5, 0.6) is 0 Å². The van der Waals surface area contributed by atoms with E-state index in [1.54, 1.807) is 6.07 Å². The number of hydrogen-bond acceptors (Lipinski definition) is 1. The Morgan fingerprint density at radius 1 is 1.33 bits per heavy atom. The molecule has 0 aliphatic heterocycles. The summed E-state index contributed by atoms with van der Waals surface area (Å²) < 4.78 is 0. The smallest absolute Gasteiger partial charge is 0.0439 e. The summed E-state index contributed by atoms with van der Waals surface area (Å²) in [5.41, 5.74) is 6.97. The fraction of sp³-hybridized carbons (Fsp3) is 0.500. The van der Waals surface area contributed by atoms with Gasteiger partial charge in [-0.25, -0.2) is 0 Å². The topological polar surface area (TPSA) is 26.0 Å². The van der Waals surface area contributed by atoms with Gasteiger partial charge in [0.2, 0.25) is 0 Å². The molecule has 0 amide bonds. The van der Waals surface area contributed by atoms with Crippen molar-refractivity contribution in [2.45, 2.75) is 26.7 Å². The second-order valence-electron chi connectivity index (χ2n) is 4.28. The van der Waals surface area contributed by atoms with Crippen molar-refractivity contribution in [2.75, 3.05) is 6.54 Å². The van der Waals surface area contributed by atoms with Crippen molar-refractivity contribution in [3.63, 3.8) is 0 Å². The third kappa shape index (κ3) is 3.37. The Morgan fingerprint density at radius 3 is 2.53 bits per heavy atom. The van der Waals surface area contributed by atoms with Crippen LogP contribution in [0.3, 0.4) is 0 Å². The van der Waals surface area contributed by atoms with Gasteiger partial charge in [0.05, 0.1) is 0 Å². The quantitative estimate of drug-likeness (QED) is 0.856. The summed E-state index contributed by atoms with van der Waals surface area (Å²) in [6, 6.07) is 5.57. The molecule has 1 rings (SSSR count). The molecule has 0 saturated carbocycles. The maximum absolute atomic E-state index is 6.12. The minimum absolute atomic E-state index is 0.105. The second-order valence-corrected chi connectivity index (χ2v) is 5.12. The second kappa shape index (κ2) is 5.20. The number of hydrogen-bond donors (Lipinski definition) is 1. The molecule has 0 aliphatic rings. The van der Waals surface area contributed by atoms with E-state index in [1.807, 2.05) is 12.1 Å². The summed E-state index contributed by atoms with van der Waals surface area (Å²) >= 11 is 12.1. The highest BCUT2D eigenvalue weighted by Gasteiger charge is 2.21. The number of benzene rings is 1. The zero-order valence-electron chi connectivity index (χ0n) is 9.19. The van der Waals surface area contributed by atoms with Crippen LogP contribution in [0.15, 0.2) is 18.2 Å². The molecule has 0 heterocycles. The summed E-state index contributed by atoms with van der Waals surface area (Å²) in [7, 11) is 0. The van der Waals surface area contributed by atoms with E-state index in [9.17, 15) is 0 Å². The molecule has 0 radical (unpaired) electrons. The van der Waals surface area contributed by atoms with Gasteiger partial charge in [-0.05, 0) is 48.6 Å². The van der Waals surface area contributed by atoms with E-state index in [0.717, 1.165) is 28.5 Å². The lowest BCUT2D eigenvalue weighted by Gasteiger charge is -2.26. The van der Waals surface area contributed by atoms with Crippen LogP contribution in [0.1, 0.15) is 25.8 Å². The van der Waals surface area contributed by atoms with Crippen molar-refractivity contribution in [2.24, 2.45) is 11.1 Å². The van der Waals surface area contributed by atoms with Gasteiger partial charge in [0, 0.05) is 10.0 Å². The van der Waals surface area contributed by atoms with Gasteiger partial charge in [0.15, 0.2) is 0 Å². The molecule has 0 saturated heterocycles. The van der Waals surface area contributed by atoms with Crippen molar-refractivity contribution in [1.29, 1.82) is 0 Å². The first-order valence-electron chi connectivity index (χ1n) is 5.15. The maximum atomic E-state index is 6.12. The van der Waals surface area contributed by atoms with Gasteiger partial charge in [-0.3, -0.25) is 0 Å². The number of nitrogens with two attached hydrogens (primary N) is 1. The lowest BCUT2D eigenvalue weighted by molar-refractivity contribution is 0.320. The van der Waals surface area contributed by atoms with Gasteiger partial charge in [0.25, 0.3) is 0 Å². The SMILES string of the molecule is CCC(C)(CN)Cc1cc(Cl)ccc1Cl. The fourth-order valence-corrected chi connectivity index (χ4v) is 1.86. The van der Waals surface area contributed by atoms with Gasteiger partial charge >= 0.3 is 0 Å². The predicted octanol–water partition coefficient (Wildman–Crippen LogP) is 3.91. The molecule has 2 N–H and O–H groups in total. The minimum Gasteiger partial charge on any atom is -0.330 e. The number of rotatable bonds is 4. The maximum Gasteiger partial charge on any atom is 0.0439 e. The van der Waals surface area contributed by atoms with Gasteiger partial charge in [-0.15, -0.1) is 0 Å². The molecule has 3 heteroatoms. The van der Waals surface area contributed by atoms with Crippen LogP contribution in [-0.2, 0) is 6.42 Å². The molecule has 1 unspecified atom stereocenters. The molecule has 15 heavy (non-hydrogen) atoms. The third-order valence-electron chi connectivity index (χ3n) is 2.97. The summed E-state index contributed by atoms with van der Waals surface area (Å²) in [6.07, 6.45) is 1.91. The molecular weight excluding hydrogens is 229 g/mol. The van der Waals surface area contributed by atoms with Crippen molar-refractivity contribution < 1.29 is 0 Å². The van der Waals surface area contributed by atoms with Crippen molar-refractivity contribution in [3.05, 3.63) is 33.8 Å². The molecule has 0 aromatic heterocycles. The predicted molar refractivity (Wildman–Crippen MR) is 67.6 cm³/mol. The van der Waals surface area contributed by atoms with E-state index in [4.69, 9.17) is 28.9 Å². The monoisotopic (exact) mass is 245 g/mol. The van der Waals surface area contributed by atoms with E-state index in [0.29, 0.717) is 6.54 Å². The Morgan fingerprint density at radius 2 is 2.00 bits per heavy atom. The van der Waals surface area contributed by atoms with Crippen LogP contribution < -0.4 is 5.73 Å². The molecule has 0 fully saturated rings. The average molecular weight is 246 g/mol. The molecular formula is C12H17Cl2N. The lowest BCUT2D eigenvalue weighted by Crippen LogP contribution is -2.28. The standard InChI is InChI=1S/C12H17Cl2N/c1-3-12(2,8-15)7-9-6-10(13)4-5-11(9)14/h4-6H,3,7-8,15H2,1-2H3. The Balaban J connectivity index is 2.92. The summed E-state index contributed by atoms with van der Waals surface area (Å²) in [5, 5.41) is 1.50. The van der Waals surface area contributed by atoms with Crippen molar-refractivity contribution >= 4 is 23.2 Å². The molecule has 1 nitrogen and oxygen atoms in total. The molecule has 1 atom stereocenters. The first-order chi connectivity index (χ1) is 7.00. The fourth-order valence-electron chi connectivity index (χ4n) is 1.48. The van der Waals surface area contributed by atoms with Crippen molar-refractivity contribution in [3.8, 4) is 0 Å². The van der Waals surface area contributed by atoms with E-state index in [1.165, 1.54) is 0 Å². The average Bonchev–Trinajstić information content (AvgIpc) is 2.23. The lowest BCUT2D eigenvalue weighted by atomic mass is 9.81. The molecule has 0 aliphatic carbocycles. The van der Waals surface area contributed by atoms with Gasteiger partial charge in [-0.1, -0.05) is 37.0 Å². The van der Waals surface area contributed by atoms with Crippen molar-refractivity contribution in [1.82, 2.24) is 0 Å². The Bertz CT molecular complexity index is 332. The molecule has 84 valence electrons. The van der Waals surface area contributed by atoms with Crippen LogP contribution >= 0.6 is 23.2 Å². The Labute approximate surface area is 102 Å². The van der Waals surface area contributed by atoms with Crippen LogP contribution in [0.4, 0.5) is 0 Å². The highest BCUT2D eigenvalue weighted by molar-refractivity contribution is 6.33. The van der Waals surface area contributed by atoms with Crippen LogP contribution in [0.2, 0.25) is 10.0 Å². The van der Waals surface area contributed by atoms with E-state index >= 15 is 0 Å². The Hall–Kier alpha value is -0.240. The zero-order valence-corrected chi connectivity index (χ0v) is 10.7. The zero-order chi connectivity index (χ0) is 11.5. The molecule has 0 spiro atoms. The number of halogens is 2. The largest absolute Gasteiger partial charge is 0.330 e. The summed E-state index contributed by atoms with van der Waals surface area (Å²) in [5.74, 6) is 0. The van der Waals surface area contributed by atoms with E-state index in [2.05, 4.69) is 13.8 Å². The molecule has 1 aromatic rings. The molecule has 1 aromatic carbocycles. The minimum atomic E-state index is 0.105. The normalized spacial score (nSPS) is 15.0. The van der Waals surface area contributed by atoms with Gasteiger partial charge in [-0.2, -0.15) is 0 Å². The highest BCUT2D eigenvalue weighted by atomic mass is 35.5. The van der Waals surface area contributed by atoms with Crippen LogP contribution in [0, 0.1) is 5.41 Å². The summed E-state index contributed by atoms with van der Waals surface area (Å²) in [6.45, 7) is 4.97. The Kier molecular flexibility index (Phi) is 4.45.